The van der Waals surface area contributed by atoms with E-state index in [1.165, 1.54) is 31.2 Å². The van der Waals surface area contributed by atoms with Gasteiger partial charge >= 0.3 is 5.97 Å². The molecular formula is C21H24N2O6S. The standard InChI is InChI=1S/C21H24N2O6S/c1-15(20(24)23-17-8-3-2-4-9-17)29-21(25)16-7-5-11-19(13-16)30(26,27)22-14-18-10-6-12-28-18/h2-5,7-9,11,13,15,18,22H,6,10,12,14H2,1H3,(H,23,24)/t15-,18+/m0/s1. The molecule has 2 aromatic carbocycles. The predicted octanol–water partition coefficient (Wildman–Crippen LogP) is 2.33. The Kier molecular flexibility index (Phi) is 7.20. The molecule has 2 N–H and O–H groups in total. The Bertz CT molecular complexity index is 988. The Morgan fingerprint density at radius 3 is 2.63 bits per heavy atom. The van der Waals surface area contributed by atoms with Crippen LogP contribution in [0.1, 0.15) is 30.1 Å². The van der Waals surface area contributed by atoms with E-state index >= 15 is 0 Å². The topological polar surface area (TPSA) is 111 Å². The summed E-state index contributed by atoms with van der Waals surface area (Å²) in [5, 5.41) is 2.64. The average Bonchev–Trinajstić information content (AvgIpc) is 3.27. The highest BCUT2D eigenvalue weighted by atomic mass is 32.2. The van der Waals surface area contributed by atoms with Crippen molar-refractivity contribution in [2.24, 2.45) is 0 Å². The molecule has 0 bridgehead atoms. The summed E-state index contributed by atoms with van der Waals surface area (Å²) >= 11 is 0. The molecule has 30 heavy (non-hydrogen) atoms. The second-order valence-corrected chi connectivity index (χ2v) is 8.68. The number of sulfonamides is 1. The number of esters is 1. The lowest BCUT2D eigenvalue weighted by atomic mass is 10.2. The van der Waals surface area contributed by atoms with Gasteiger partial charge < -0.3 is 14.8 Å². The first-order valence-corrected chi connectivity index (χ1v) is 11.1. The molecular weight excluding hydrogens is 408 g/mol. The van der Waals surface area contributed by atoms with Crippen molar-refractivity contribution in [2.75, 3.05) is 18.5 Å². The van der Waals surface area contributed by atoms with Crippen LogP contribution in [0.3, 0.4) is 0 Å². The van der Waals surface area contributed by atoms with E-state index in [0.717, 1.165) is 12.8 Å². The van der Waals surface area contributed by atoms with Gasteiger partial charge in [-0.05, 0) is 50.1 Å². The summed E-state index contributed by atoms with van der Waals surface area (Å²) in [6.07, 6.45) is 0.509. The van der Waals surface area contributed by atoms with E-state index in [-0.39, 0.29) is 23.1 Å². The average molecular weight is 432 g/mol. The summed E-state index contributed by atoms with van der Waals surface area (Å²) in [4.78, 5) is 24.6. The van der Waals surface area contributed by atoms with Crippen LogP contribution in [-0.4, -0.2) is 45.7 Å². The monoisotopic (exact) mass is 432 g/mol. The fraction of sp³-hybridized carbons (Fsp3) is 0.333. The zero-order valence-electron chi connectivity index (χ0n) is 16.5. The first-order chi connectivity index (χ1) is 14.3. The highest BCUT2D eigenvalue weighted by Gasteiger charge is 2.23. The minimum absolute atomic E-state index is 0.0364. The summed E-state index contributed by atoms with van der Waals surface area (Å²) in [6, 6.07) is 14.3. The molecule has 0 aromatic heterocycles. The third-order valence-corrected chi connectivity index (χ3v) is 6.02. The SMILES string of the molecule is C[C@H](OC(=O)c1cccc(S(=O)(=O)NC[C@H]2CCCO2)c1)C(=O)Nc1ccccc1. The minimum Gasteiger partial charge on any atom is -0.449 e. The molecule has 1 fully saturated rings. The lowest BCUT2D eigenvalue weighted by molar-refractivity contribution is -0.123. The first-order valence-electron chi connectivity index (χ1n) is 9.63. The second kappa shape index (κ2) is 9.84. The Labute approximate surface area is 175 Å². The lowest BCUT2D eigenvalue weighted by Gasteiger charge is -2.14. The minimum atomic E-state index is -3.81. The molecule has 1 heterocycles. The smallest absolute Gasteiger partial charge is 0.338 e. The van der Waals surface area contributed by atoms with Crippen molar-refractivity contribution in [1.29, 1.82) is 0 Å². The van der Waals surface area contributed by atoms with Gasteiger partial charge in [0.25, 0.3) is 5.91 Å². The number of carbonyl (C=O) groups excluding carboxylic acids is 2. The Morgan fingerprint density at radius 1 is 1.17 bits per heavy atom. The van der Waals surface area contributed by atoms with Gasteiger partial charge in [0, 0.05) is 18.8 Å². The number of rotatable bonds is 8. The van der Waals surface area contributed by atoms with E-state index in [1.54, 1.807) is 24.3 Å². The van der Waals surface area contributed by atoms with E-state index < -0.39 is 28.0 Å². The molecule has 0 spiro atoms. The summed E-state index contributed by atoms with van der Waals surface area (Å²) in [5.74, 6) is -1.28. The van der Waals surface area contributed by atoms with Crippen molar-refractivity contribution in [1.82, 2.24) is 4.72 Å². The summed E-state index contributed by atoms with van der Waals surface area (Å²) in [5.41, 5.74) is 0.616. The van der Waals surface area contributed by atoms with E-state index in [9.17, 15) is 18.0 Å². The maximum absolute atomic E-state index is 12.5. The predicted molar refractivity (Wildman–Crippen MR) is 111 cm³/mol. The van der Waals surface area contributed by atoms with E-state index in [2.05, 4.69) is 10.0 Å². The van der Waals surface area contributed by atoms with Crippen molar-refractivity contribution in [3.63, 3.8) is 0 Å². The third-order valence-electron chi connectivity index (χ3n) is 4.60. The second-order valence-electron chi connectivity index (χ2n) is 6.92. The molecule has 2 aromatic rings. The fourth-order valence-corrected chi connectivity index (χ4v) is 4.04. The van der Waals surface area contributed by atoms with Crippen LogP contribution in [0.25, 0.3) is 0 Å². The van der Waals surface area contributed by atoms with Gasteiger partial charge in [-0.2, -0.15) is 0 Å². The van der Waals surface area contributed by atoms with Gasteiger partial charge in [0.15, 0.2) is 6.10 Å². The van der Waals surface area contributed by atoms with Gasteiger partial charge in [0.1, 0.15) is 0 Å². The largest absolute Gasteiger partial charge is 0.449 e. The van der Waals surface area contributed by atoms with Gasteiger partial charge in [0.2, 0.25) is 10.0 Å². The molecule has 0 unspecified atom stereocenters. The highest BCUT2D eigenvalue weighted by molar-refractivity contribution is 7.89. The number of hydrogen-bond acceptors (Lipinski definition) is 6. The van der Waals surface area contributed by atoms with Crippen LogP contribution in [0.15, 0.2) is 59.5 Å². The van der Waals surface area contributed by atoms with Crippen molar-refractivity contribution in [3.8, 4) is 0 Å². The van der Waals surface area contributed by atoms with Gasteiger partial charge in [-0.3, -0.25) is 4.79 Å². The number of para-hydroxylation sites is 1. The molecule has 0 aliphatic carbocycles. The molecule has 1 saturated heterocycles. The molecule has 1 aliphatic rings. The number of benzene rings is 2. The Balaban J connectivity index is 1.61. The number of nitrogens with one attached hydrogen (secondary N) is 2. The first kappa shape index (κ1) is 21.9. The molecule has 3 rings (SSSR count). The number of ether oxygens (including phenoxy) is 2. The highest BCUT2D eigenvalue weighted by Crippen LogP contribution is 2.16. The van der Waals surface area contributed by atoms with Gasteiger partial charge in [-0.1, -0.05) is 24.3 Å². The molecule has 1 amide bonds. The quantitative estimate of drug-likeness (QED) is 0.620. The molecule has 2 atom stereocenters. The van der Waals surface area contributed by atoms with Crippen LogP contribution in [0.5, 0.6) is 0 Å². The fourth-order valence-electron chi connectivity index (χ4n) is 2.93. The van der Waals surface area contributed by atoms with Gasteiger partial charge in [-0.25, -0.2) is 17.9 Å². The number of amides is 1. The van der Waals surface area contributed by atoms with E-state index in [4.69, 9.17) is 9.47 Å². The molecule has 0 saturated carbocycles. The Morgan fingerprint density at radius 2 is 1.93 bits per heavy atom. The van der Waals surface area contributed by atoms with Crippen molar-refractivity contribution in [3.05, 3.63) is 60.2 Å². The lowest BCUT2D eigenvalue weighted by Crippen LogP contribution is -2.32. The van der Waals surface area contributed by atoms with Crippen molar-refractivity contribution < 1.29 is 27.5 Å². The molecule has 0 radical (unpaired) electrons. The van der Waals surface area contributed by atoms with Gasteiger partial charge in [-0.15, -0.1) is 0 Å². The van der Waals surface area contributed by atoms with Crippen LogP contribution in [0, 0.1) is 0 Å². The van der Waals surface area contributed by atoms with Crippen LogP contribution in [-0.2, 0) is 24.3 Å². The maximum atomic E-state index is 12.5. The zero-order chi connectivity index (χ0) is 21.6. The van der Waals surface area contributed by atoms with Gasteiger partial charge in [0.05, 0.1) is 16.6 Å². The third kappa shape index (κ3) is 5.88. The molecule has 8 nitrogen and oxygen atoms in total. The zero-order valence-corrected chi connectivity index (χ0v) is 17.4. The van der Waals surface area contributed by atoms with Crippen molar-refractivity contribution >= 4 is 27.6 Å². The molecule has 9 heteroatoms. The van der Waals surface area contributed by atoms with E-state index in [0.29, 0.717) is 12.3 Å². The maximum Gasteiger partial charge on any atom is 0.338 e. The number of carbonyl (C=O) groups is 2. The summed E-state index contributed by atoms with van der Waals surface area (Å²) in [6.45, 7) is 2.25. The molecule has 160 valence electrons. The van der Waals surface area contributed by atoms with Crippen LogP contribution < -0.4 is 10.0 Å². The van der Waals surface area contributed by atoms with Crippen LogP contribution in [0.2, 0.25) is 0 Å². The van der Waals surface area contributed by atoms with E-state index in [1.807, 2.05) is 6.07 Å². The summed E-state index contributed by atoms with van der Waals surface area (Å²) in [7, 11) is -3.81. The van der Waals surface area contributed by atoms with Crippen LogP contribution in [0.4, 0.5) is 5.69 Å². The van der Waals surface area contributed by atoms with Crippen LogP contribution >= 0.6 is 0 Å². The normalized spacial score (nSPS) is 17.3. The number of anilines is 1. The number of hydrogen-bond donors (Lipinski definition) is 2. The van der Waals surface area contributed by atoms with Crippen molar-refractivity contribution in [2.45, 2.75) is 36.9 Å². The Hall–Kier alpha value is -2.75. The molecule has 1 aliphatic heterocycles. The summed E-state index contributed by atoms with van der Waals surface area (Å²) < 4.78 is 38.1.